The number of fused-ring (bicyclic) bond motifs is 1. The highest BCUT2D eigenvalue weighted by Crippen LogP contribution is 2.18. The van der Waals surface area contributed by atoms with Crippen LogP contribution in [0.1, 0.15) is 12.8 Å². The summed E-state index contributed by atoms with van der Waals surface area (Å²) in [6.45, 7) is 3.57. The van der Waals surface area contributed by atoms with E-state index < -0.39 is 6.09 Å². The van der Waals surface area contributed by atoms with Gasteiger partial charge < -0.3 is 24.6 Å². The van der Waals surface area contributed by atoms with Crippen LogP contribution in [0.3, 0.4) is 0 Å². The topological polar surface area (TPSA) is 96.7 Å². The second-order valence-corrected chi connectivity index (χ2v) is 6.60. The number of pyridine rings is 2. The van der Waals surface area contributed by atoms with Crippen LogP contribution in [-0.2, 0) is 6.54 Å². The molecule has 2 N–H and O–H groups in total. The molecule has 0 aliphatic carbocycles. The minimum atomic E-state index is -0.981. The van der Waals surface area contributed by atoms with E-state index in [1.165, 1.54) is 6.07 Å². The average Bonchev–Trinajstić information content (AvgIpc) is 2.65. The Labute approximate surface area is 151 Å². The first-order chi connectivity index (χ1) is 12.6. The molecule has 0 saturated carbocycles. The smallest absolute Gasteiger partial charge is 0.404 e. The summed E-state index contributed by atoms with van der Waals surface area (Å²) in [7, 11) is 1.58. The van der Waals surface area contributed by atoms with Crippen molar-refractivity contribution >= 4 is 17.1 Å². The lowest BCUT2D eigenvalue weighted by atomic mass is 9.98. The molecule has 0 bridgehead atoms. The Balaban J connectivity index is 1.70. The molecule has 1 aliphatic rings. The second kappa shape index (κ2) is 8.18. The number of piperidine rings is 1. The van der Waals surface area contributed by atoms with Gasteiger partial charge in [-0.05, 0) is 31.4 Å². The maximum atomic E-state index is 12.3. The van der Waals surface area contributed by atoms with Gasteiger partial charge in [-0.2, -0.15) is 0 Å². The van der Waals surface area contributed by atoms with E-state index in [1.807, 2.05) is 6.07 Å². The molecule has 0 spiro atoms. The van der Waals surface area contributed by atoms with Gasteiger partial charge in [0.1, 0.15) is 5.75 Å². The molecule has 140 valence electrons. The molecule has 1 amide bonds. The molecule has 8 heteroatoms. The third-order valence-corrected chi connectivity index (χ3v) is 4.83. The molecule has 1 aliphatic heterocycles. The highest BCUT2D eigenvalue weighted by molar-refractivity contribution is 5.75. The third-order valence-electron chi connectivity index (χ3n) is 4.83. The van der Waals surface area contributed by atoms with Gasteiger partial charge in [-0.3, -0.25) is 9.78 Å². The van der Waals surface area contributed by atoms with Gasteiger partial charge in [0.05, 0.1) is 24.3 Å². The van der Waals surface area contributed by atoms with Crippen LogP contribution >= 0.6 is 0 Å². The maximum Gasteiger partial charge on any atom is 0.404 e. The van der Waals surface area contributed by atoms with Crippen molar-refractivity contribution in [3.8, 4) is 5.75 Å². The Bertz CT molecular complexity index is 836. The number of nitrogens with zero attached hydrogens (tertiary/aromatic N) is 3. The number of methoxy groups -OCH3 is 1. The molecule has 1 atom stereocenters. The highest BCUT2D eigenvalue weighted by Gasteiger charge is 2.20. The fourth-order valence-corrected chi connectivity index (χ4v) is 3.49. The van der Waals surface area contributed by atoms with Crippen molar-refractivity contribution in [3.05, 3.63) is 34.7 Å². The van der Waals surface area contributed by atoms with Crippen LogP contribution in [0.4, 0.5) is 4.79 Å². The van der Waals surface area contributed by atoms with Crippen LogP contribution in [0, 0.1) is 5.92 Å². The number of amides is 1. The zero-order chi connectivity index (χ0) is 18.5. The fourth-order valence-electron chi connectivity index (χ4n) is 3.49. The van der Waals surface area contributed by atoms with E-state index in [4.69, 9.17) is 9.84 Å². The number of carboxylic acid groups (broad SMARTS) is 1. The van der Waals surface area contributed by atoms with Crippen LogP contribution in [0.15, 0.2) is 29.2 Å². The summed E-state index contributed by atoms with van der Waals surface area (Å²) in [5, 5.41) is 11.2. The van der Waals surface area contributed by atoms with Crippen molar-refractivity contribution in [2.75, 3.05) is 33.3 Å². The first-order valence-electron chi connectivity index (χ1n) is 8.79. The fraction of sp³-hybridized carbons (Fsp3) is 0.500. The number of ether oxygens (including phenoxy) is 1. The molecule has 1 saturated heterocycles. The predicted octanol–water partition coefficient (Wildman–Crippen LogP) is 1.38. The van der Waals surface area contributed by atoms with Crippen molar-refractivity contribution in [1.29, 1.82) is 0 Å². The molecule has 2 aromatic rings. The van der Waals surface area contributed by atoms with Gasteiger partial charge in [0.25, 0.3) is 5.56 Å². The largest absolute Gasteiger partial charge is 0.495 e. The quantitative estimate of drug-likeness (QED) is 0.808. The van der Waals surface area contributed by atoms with E-state index in [1.54, 1.807) is 23.9 Å². The number of hydrogen-bond donors (Lipinski definition) is 2. The zero-order valence-electron chi connectivity index (χ0n) is 14.9. The number of hydrogen-bond acceptors (Lipinski definition) is 5. The summed E-state index contributed by atoms with van der Waals surface area (Å²) >= 11 is 0. The first kappa shape index (κ1) is 18.2. The first-order valence-corrected chi connectivity index (χ1v) is 8.79. The molecule has 0 unspecified atom stereocenters. The molecule has 3 rings (SSSR count). The van der Waals surface area contributed by atoms with E-state index in [-0.39, 0.29) is 5.56 Å². The van der Waals surface area contributed by atoms with Crippen molar-refractivity contribution in [1.82, 2.24) is 19.8 Å². The molecule has 8 nitrogen and oxygen atoms in total. The lowest BCUT2D eigenvalue weighted by Crippen LogP contribution is -2.42. The molecule has 2 aromatic heterocycles. The van der Waals surface area contributed by atoms with Crippen molar-refractivity contribution < 1.29 is 14.6 Å². The molecule has 26 heavy (non-hydrogen) atoms. The Morgan fingerprint density at radius 3 is 3.04 bits per heavy atom. The van der Waals surface area contributed by atoms with Crippen LogP contribution in [0.5, 0.6) is 5.75 Å². The average molecular weight is 360 g/mol. The van der Waals surface area contributed by atoms with Gasteiger partial charge in [-0.15, -0.1) is 0 Å². The highest BCUT2D eigenvalue weighted by atomic mass is 16.5. The molecular formula is C18H24N4O4. The van der Waals surface area contributed by atoms with Crippen molar-refractivity contribution in [2.24, 2.45) is 5.92 Å². The second-order valence-electron chi connectivity index (χ2n) is 6.60. The summed E-state index contributed by atoms with van der Waals surface area (Å²) in [4.78, 5) is 29.6. The number of nitrogens with one attached hydrogen (secondary N) is 1. The lowest BCUT2D eigenvalue weighted by molar-refractivity contribution is 0.159. The zero-order valence-corrected chi connectivity index (χ0v) is 14.9. The van der Waals surface area contributed by atoms with E-state index in [0.29, 0.717) is 24.8 Å². The predicted molar refractivity (Wildman–Crippen MR) is 97.7 cm³/mol. The van der Waals surface area contributed by atoms with Gasteiger partial charge in [0.2, 0.25) is 0 Å². The summed E-state index contributed by atoms with van der Waals surface area (Å²) in [5.41, 5.74) is 1.46. The molecular weight excluding hydrogens is 336 g/mol. The van der Waals surface area contributed by atoms with Crippen LogP contribution in [0.25, 0.3) is 11.0 Å². The molecule has 0 aromatic carbocycles. The van der Waals surface area contributed by atoms with Gasteiger partial charge in [-0.1, -0.05) is 0 Å². The van der Waals surface area contributed by atoms with E-state index >= 15 is 0 Å². The van der Waals surface area contributed by atoms with Crippen molar-refractivity contribution in [3.63, 3.8) is 0 Å². The van der Waals surface area contributed by atoms with E-state index in [0.717, 1.165) is 43.5 Å². The van der Waals surface area contributed by atoms with Crippen LogP contribution in [0.2, 0.25) is 0 Å². The molecule has 3 heterocycles. The summed E-state index contributed by atoms with van der Waals surface area (Å²) in [5.74, 6) is 0.931. The Hall–Kier alpha value is -2.61. The van der Waals surface area contributed by atoms with Gasteiger partial charge >= 0.3 is 6.09 Å². The minimum absolute atomic E-state index is 0.0614. The Morgan fingerprint density at radius 1 is 1.42 bits per heavy atom. The monoisotopic (exact) mass is 360 g/mol. The summed E-state index contributed by atoms with van der Waals surface area (Å²) in [6.07, 6.45) is 2.71. The van der Waals surface area contributed by atoms with Gasteiger partial charge in [-0.25, -0.2) is 4.79 Å². The molecule has 0 radical (unpaired) electrons. The Kier molecular flexibility index (Phi) is 5.72. The summed E-state index contributed by atoms with van der Waals surface area (Å²) < 4.78 is 6.95. The number of aromatic nitrogens is 2. The van der Waals surface area contributed by atoms with E-state index in [2.05, 4.69) is 15.2 Å². The van der Waals surface area contributed by atoms with Gasteiger partial charge in [0.15, 0.2) is 0 Å². The SMILES string of the molecule is COc1cnc2ccc(=O)n(CCN3CCC[C@@H](CNC(=O)O)C3)c2c1. The van der Waals surface area contributed by atoms with Crippen LogP contribution in [-0.4, -0.2) is 58.9 Å². The Morgan fingerprint density at radius 2 is 2.27 bits per heavy atom. The normalized spacial score (nSPS) is 18.0. The number of likely N-dealkylation sites (tertiary alicyclic amines) is 1. The third kappa shape index (κ3) is 4.32. The maximum absolute atomic E-state index is 12.3. The van der Waals surface area contributed by atoms with Crippen molar-refractivity contribution in [2.45, 2.75) is 19.4 Å². The minimum Gasteiger partial charge on any atom is -0.495 e. The number of rotatable bonds is 6. The number of carbonyl (C=O) groups is 1. The molecule has 1 fully saturated rings. The van der Waals surface area contributed by atoms with Gasteiger partial charge in [0, 0.05) is 38.3 Å². The summed E-state index contributed by atoms with van der Waals surface area (Å²) in [6, 6.07) is 5.10. The van der Waals surface area contributed by atoms with E-state index in [9.17, 15) is 9.59 Å². The standard InChI is InChI=1S/C18H24N4O4/c1-26-14-9-16-15(19-11-14)4-5-17(23)22(16)8-7-21-6-2-3-13(12-21)10-20-18(24)25/h4-5,9,11,13,20H,2-3,6-8,10,12H2,1H3,(H,24,25)/t13-/m0/s1. The van der Waals surface area contributed by atoms with Crippen LogP contribution < -0.4 is 15.6 Å². The lowest BCUT2D eigenvalue weighted by Gasteiger charge is -2.32.